The number of nitrogens with two attached hydrogens (primary N) is 1. The summed E-state index contributed by atoms with van der Waals surface area (Å²) in [6.45, 7) is 2.87. The Labute approximate surface area is 98.6 Å². The maximum Gasteiger partial charge on any atom is 0.322 e. The highest BCUT2D eigenvalue weighted by atomic mass is 32.2. The van der Waals surface area contributed by atoms with E-state index in [0.717, 1.165) is 6.54 Å². The van der Waals surface area contributed by atoms with E-state index in [9.17, 15) is 0 Å². The molecular weight excluding hydrogens is 228 g/mol. The number of nitrogens with zero attached hydrogens (tertiary/aromatic N) is 3. The fourth-order valence-electron chi connectivity index (χ4n) is 0.910. The molecule has 1 unspecified atom stereocenters. The lowest BCUT2D eigenvalue weighted by Gasteiger charge is -2.10. The predicted molar refractivity (Wildman–Crippen MR) is 65.7 cm³/mol. The van der Waals surface area contributed by atoms with Crippen LogP contribution in [0.5, 0.6) is 6.01 Å². The van der Waals surface area contributed by atoms with Crippen molar-refractivity contribution in [1.29, 1.82) is 0 Å². The summed E-state index contributed by atoms with van der Waals surface area (Å²) < 4.78 is 4.93. The van der Waals surface area contributed by atoms with Crippen molar-refractivity contribution < 1.29 is 4.74 Å². The molecule has 0 aromatic carbocycles. The number of methoxy groups -OCH3 is 1. The monoisotopic (exact) mass is 244 g/mol. The summed E-state index contributed by atoms with van der Waals surface area (Å²) in [6, 6.07) is 0.224. The number of ether oxygens (including phenoxy) is 1. The van der Waals surface area contributed by atoms with Crippen molar-refractivity contribution in [3.63, 3.8) is 0 Å². The van der Waals surface area contributed by atoms with E-state index < -0.39 is 0 Å². The van der Waals surface area contributed by atoms with Crippen LogP contribution in [0.4, 0.5) is 11.9 Å². The van der Waals surface area contributed by atoms with Crippen LogP contribution >= 0.6 is 11.8 Å². The maximum atomic E-state index is 5.23. The molecule has 1 atom stereocenters. The van der Waals surface area contributed by atoms with Gasteiger partial charge >= 0.3 is 6.01 Å². The largest absolute Gasteiger partial charge is 0.467 e. The van der Waals surface area contributed by atoms with Crippen molar-refractivity contribution in [1.82, 2.24) is 15.0 Å². The minimum absolute atomic E-state index is 0.224. The SMILES string of the molecule is COc1nc(NN)nc(NCC(C)SC)n1. The summed E-state index contributed by atoms with van der Waals surface area (Å²) in [7, 11) is 1.49. The first kappa shape index (κ1) is 12.8. The zero-order valence-electron chi connectivity index (χ0n) is 9.52. The number of aromatic nitrogens is 3. The summed E-state index contributed by atoms with van der Waals surface area (Å²) in [5.74, 6) is 5.95. The molecule has 4 N–H and O–H groups in total. The summed E-state index contributed by atoms with van der Waals surface area (Å²) in [5, 5.41) is 3.56. The second kappa shape index (κ2) is 6.33. The topological polar surface area (TPSA) is 98.0 Å². The lowest BCUT2D eigenvalue weighted by atomic mass is 10.5. The highest BCUT2D eigenvalue weighted by Gasteiger charge is 2.06. The van der Waals surface area contributed by atoms with Crippen molar-refractivity contribution in [3.8, 4) is 6.01 Å². The van der Waals surface area contributed by atoms with E-state index in [1.165, 1.54) is 7.11 Å². The van der Waals surface area contributed by atoms with E-state index >= 15 is 0 Å². The molecule has 0 fully saturated rings. The van der Waals surface area contributed by atoms with Gasteiger partial charge in [-0.1, -0.05) is 6.92 Å². The van der Waals surface area contributed by atoms with Crippen LogP contribution in [0.3, 0.4) is 0 Å². The minimum Gasteiger partial charge on any atom is -0.467 e. The Hall–Kier alpha value is -1.28. The van der Waals surface area contributed by atoms with E-state index in [4.69, 9.17) is 10.6 Å². The summed E-state index contributed by atoms with van der Waals surface area (Å²) in [5.41, 5.74) is 2.36. The van der Waals surface area contributed by atoms with Crippen LogP contribution in [0, 0.1) is 0 Å². The average Bonchev–Trinajstić information content (AvgIpc) is 2.35. The Morgan fingerprint density at radius 2 is 2.06 bits per heavy atom. The summed E-state index contributed by atoms with van der Waals surface area (Å²) >= 11 is 1.76. The van der Waals surface area contributed by atoms with Crippen molar-refractivity contribution in [3.05, 3.63) is 0 Å². The molecular formula is C8H16N6OS. The predicted octanol–water partition coefficient (Wildman–Crippen LogP) is 0.329. The van der Waals surface area contributed by atoms with Gasteiger partial charge in [-0.25, -0.2) is 5.84 Å². The van der Waals surface area contributed by atoms with E-state index in [1.807, 2.05) is 6.26 Å². The molecule has 0 amide bonds. The fraction of sp³-hybridized carbons (Fsp3) is 0.625. The Kier molecular flexibility index (Phi) is 5.06. The Balaban J connectivity index is 2.71. The van der Waals surface area contributed by atoms with Gasteiger partial charge in [-0.3, -0.25) is 5.43 Å². The first-order chi connectivity index (χ1) is 7.69. The lowest BCUT2D eigenvalue weighted by molar-refractivity contribution is 0.379. The second-order valence-corrected chi connectivity index (χ2v) is 4.32. The van der Waals surface area contributed by atoms with Crippen LogP contribution in [0.15, 0.2) is 0 Å². The Morgan fingerprint density at radius 3 is 2.62 bits per heavy atom. The van der Waals surface area contributed by atoms with Gasteiger partial charge in [-0.05, 0) is 6.26 Å². The fourth-order valence-corrected chi connectivity index (χ4v) is 1.16. The molecule has 0 spiro atoms. The van der Waals surface area contributed by atoms with E-state index in [1.54, 1.807) is 11.8 Å². The van der Waals surface area contributed by atoms with Crippen LogP contribution in [-0.2, 0) is 0 Å². The number of hydrazine groups is 1. The molecule has 0 saturated carbocycles. The molecule has 1 aromatic rings. The van der Waals surface area contributed by atoms with Gasteiger partial charge in [0.15, 0.2) is 0 Å². The zero-order valence-corrected chi connectivity index (χ0v) is 10.3. The van der Waals surface area contributed by atoms with Crippen LogP contribution in [0.2, 0.25) is 0 Å². The minimum atomic E-state index is 0.224. The van der Waals surface area contributed by atoms with Crippen molar-refractivity contribution in [2.75, 3.05) is 30.7 Å². The molecule has 1 aromatic heterocycles. The van der Waals surface area contributed by atoms with E-state index in [-0.39, 0.29) is 12.0 Å². The maximum absolute atomic E-state index is 5.23. The standard InChI is InChI=1S/C8H16N6OS/c1-5(16-3)4-10-6-11-7(14-9)13-8(12-6)15-2/h5H,4,9H2,1-3H3,(H2,10,11,12,13,14). The molecule has 1 rings (SSSR count). The van der Waals surface area contributed by atoms with Crippen molar-refractivity contribution in [2.45, 2.75) is 12.2 Å². The Bertz CT molecular complexity index is 314. The third-order valence-corrected chi connectivity index (χ3v) is 2.85. The van der Waals surface area contributed by atoms with E-state index in [0.29, 0.717) is 11.2 Å². The van der Waals surface area contributed by atoms with Crippen LogP contribution in [-0.4, -0.2) is 40.1 Å². The summed E-state index contributed by atoms with van der Waals surface area (Å²) in [6.07, 6.45) is 2.05. The van der Waals surface area contributed by atoms with Crippen molar-refractivity contribution >= 4 is 23.7 Å². The molecule has 0 aliphatic rings. The first-order valence-electron chi connectivity index (χ1n) is 4.73. The van der Waals surface area contributed by atoms with Gasteiger partial charge in [-0.2, -0.15) is 26.7 Å². The van der Waals surface area contributed by atoms with Crippen LogP contribution < -0.4 is 21.3 Å². The normalized spacial score (nSPS) is 12.0. The Morgan fingerprint density at radius 1 is 1.38 bits per heavy atom. The molecule has 0 aliphatic carbocycles. The van der Waals surface area contributed by atoms with Gasteiger partial charge in [0.2, 0.25) is 11.9 Å². The number of hydrogen-bond donors (Lipinski definition) is 3. The molecule has 16 heavy (non-hydrogen) atoms. The third kappa shape index (κ3) is 3.70. The number of anilines is 2. The van der Waals surface area contributed by atoms with E-state index in [2.05, 4.69) is 32.6 Å². The number of thioether (sulfide) groups is 1. The smallest absolute Gasteiger partial charge is 0.322 e. The van der Waals surface area contributed by atoms with Gasteiger partial charge < -0.3 is 10.1 Å². The lowest BCUT2D eigenvalue weighted by Crippen LogP contribution is -2.17. The quantitative estimate of drug-likeness (QED) is 0.486. The van der Waals surface area contributed by atoms with Gasteiger partial charge in [-0.15, -0.1) is 0 Å². The van der Waals surface area contributed by atoms with Gasteiger partial charge in [0, 0.05) is 11.8 Å². The first-order valence-corrected chi connectivity index (χ1v) is 6.01. The molecule has 0 saturated heterocycles. The number of rotatable bonds is 6. The molecule has 1 heterocycles. The van der Waals surface area contributed by atoms with Crippen LogP contribution in [0.1, 0.15) is 6.92 Å². The molecule has 0 aliphatic heterocycles. The summed E-state index contributed by atoms with van der Waals surface area (Å²) in [4.78, 5) is 12.0. The molecule has 0 bridgehead atoms. The van der Waals surface area contributed by atoms with Crippen LogP contribution in [0.25, 0.3) is 0 Å². The molecule has 7 nitrogen and oxygen atoms in total. The second-order valence-electron chi connectivity index (χ2n) is 3.04. The highest BCUT2D eigenvalue weighted by molar-refractivity contribution is 7.99. The number of nitrogens with one attached hydrogen (secondary N) is 2. The van der Waals surface area contributed by atoms with Gasteiger partial charge in [0.25, 0.3) is 0 Å². The average molecular weight is 244 g/mol. The number of nitrogen functional groups attached to an aromatic ring is 1. The molecule has 90 valence electrons. The zero-order chi connectivity index (χ0) is 12.0. The van der Waals surface area contributed by atoms with Gasteiger partial charge in [0.05, 0.1) is 7.11 Å². The third-order valence-electron chi connectivity index (χ3n) is 1.88. The molecule has 8 heteroatoms. The highest BCUT2D eigenvalue weighted by Crippen LogP contribution is 2.11. The van der Waals surface area contributed by atoms with Crippen molar-refractivity contribution in [2.24, 2.45) is 5.84 Å². The van der Waals surface area contributed by atoms with Gasteiger partial charge in [0.1, 0.15) is 0 Å². The molecule has 0 radical (unpaired) electrons. The number of hydrogen-bond acceptors (Lipinski definition) is 8.